The SMILES string of the molecule is FC(F)(F)c1ccc(Oc2nnc(-c3cc4ccccc4o3)c3cc4ccccc4cc23)cc1. The summed E-state index contributed by atoms with van der Waals surface area (Å²) in [7, 11) is 0. The van der Waals surface area contributed by atoms with Gasteiger partial charge in [0, 0.05) is 16.2 Å². The number of para-hydroxylation sites is 1. The Labute approximate surface area is 191 Å². The minimum atomic E-state index is -4.42. The fourth-order valence-corrected chi connectivity index (χ4v) is 4.00. The van der Waals surface area contributed by atoms with Crippen LogP contribution < -0.4 is 4.74 Å². The van der Waals surface area contributed by atoms with Gasteiger partial charge in [0.2, 0.25) is 5.88 Å². The molecule has 0 unspecified atom stereocenters. The third-order valence-corrected chi connectivity index (χ3v) is 5.67. The van der Waals surface area contributed by atoms with Gasteiger partial charge in [-0.25, -0.2) is 0 Å². The van der Waals surface area contributed by atoms with Crippen LogP contribution in [0.1, 0.15) is 5.56 Å². The van der Waals surface area contributed by atoms with E-state index in [1.54, 1.807) is 0 Å². The molecule has 6 rings (SSSR count). The number of aromatic nitrogens is 2. The molecule has 166 valence electrons. The molecule has 0 N–H and O–H groups in total. The molecular weight excluding hydrogens is 441 g/mol. The first-order valence-electron chi connectivity index (χ1n) is 10.5. The third kappa shape index (κ3) is 3.51. The molecule has 0 atom stereocenters. The summed E-state index contributed by atoms with van der Waals surface area (Å²) >= 11 is 0. The summed E-state index contributed by atoms with van der Waals surface area (Å²) in [5.74, 6) is 0.990. The lowest BCUT2D eigenvalue weighted by Crippen LogP contribution is -2.04. The van der Waals surface area contributed by atoms with Crippen molar-refractivity contribution in [3.8, 4) is 23.1 Å². The molecule has 4 nitrogen and oxygen atoms in total. The number of benzene rings is 4. The number of nitrogens with zero attached hydrogens (tertiary/aromatic N) is 2. The molecule has 4 aromatic carbocycles. The van der Waals surface area contributed by atoms with Crippen LogP contribution in [0.3, 0.4) is 0 Å². The summed E-state index contributed by atoms with van der Waals surface area (Å²) < 4.78 is 50.7. The van der Waals surface area contributed by atoms with Crippen LogP contribution in [0.2, 0.25) is 0 Å². The van der Waals surface area contributed by atoms with Crippen molar-refractivity contribution in [2.24, 2.45) is 0 Å². The average molecular weight is 456 g/mol. The van der Waals surface area contributed by atoms with Crippen LogP contribution in [0.5, 0.6) is 11.6 Å². The monoisotopic (exact) mass is 456 g/mol. The third-order valence-electron chi connectivity index (χ3n) is 5.67. The van der Waals surface area contributed by atoms with Crippen LogP contribution in [-0.2, 0) is 6.18 Å². The predicted molar refractivity (Wildman–Crippen MR) is 124 cm³/mol. The van der Waals surface area contributed by atoms with E-state index in [2.05, 4.69) is 10.2 Å². The van der Waals surface area contributed by atoms with Crippen molar-refractivity contribution in [1.82, 2.24) is 10.2 Å². The Morgan fingerprint density at radius 3 is 2.00 bits per heavy atom. The lowest BCUT2D eigenvalue weighted by atomic mass is 10.0. The molecule has 34 heavy (non-hydrogen) atoms. The smallest absolute Gasteiger partial charge is 0.416 e. The van der Waals surface area contributed by atoms with Gasteiger partial charge in [-0.05, 0) is 59.3 Å². The molecule has 0 saturated heterocycles. The van der Waals surface area contributed by atoms with Crippen molar-refractivity contribution < 1.29 is 22.3 Å². The standard InChI is InChI=1S/C27H15F3N2O2/c28-27(29,30)19-9-11-20(12-10-19)33-26-22-14-17-6-2-1-5-16(17)13-21(22)25(31-32-26)24-15-18-7-3-4-8-23(18)34-24/h1-15H. The van der Waals surface area contributed by atoms with Gasteiger partial charge in [-0.1, -0.05) is 42.5 Å². The maximum atomic E-state index is 12.9. The molecule has 0 aliphatic rings. The first-order valence-corrected chi connectivity index (χ1v) is 10.5. The van der Waals surface area contributed by atoms with E-state index in [4.69, 9.17) is 9.15 Å². The number of alkyl halides is 3. The van der Waals surface area contributed by atoms with Crippen LogP contribution in [0.4, 0.5) is 13.2 Å². The average Bonchev–Trinajstić information content (AvgIpc) is 3.27. The van der Waals surface area contributed by atoms with Crippen LogP contribution >= 0.6 is 0 Å². The molecule has 0 aliphatic heterocycles. The van der Waals surface area contributed by atoms with Crippen molar-refractivity contribution in [2.75, 3.05) is 0 Å². The Bertz CT molecular complexity index is 1640. The second-order valence-corrected chi connectivity index (χ2v) is 7.87. The van der Waals surface area contributed by atoms with Crippen LogP contribution in [-0.4, -0.2) is 10.2 Å². The second-order valence-electron chi connectivity index (χ2n) is 7.87. The lowest BCUT2D eigenvalue weighted by Gasteiger charge is -2.12. The maximum absolute atomic E-state index is 12.9. The van der Waals surface area contributed by atoms with Gasteiger partial charge < -0.3 is 9.15 Å². The van der Waals surface area contributed by atoms with Gasteiger partial charge in [0.25, 0.3) is 0 Å². The van der Waals surface area contributed by atoms with Gasteiger partial charge >= 0.3 is 6.18 Å². The number of ether oxygens (including phenoxy) is 1. The van der Waals surface area contributed by atoms with Crippen molar-refractivity contribution in [1.29, 1.82) is 0 Å². The molecule has 0 aliphatic carbocycles. The predicted octanol–water partition coefficient (Wildman–Crippen LogP) is 8.01. The summed E-state index contributed by atoms with van der Waals surface area (Å²) in [6.07, 6.45) is -4.42. The molecule has 0 radical (unpaired) electrons. The molecule has 0 bridgehead atoms. The second kappa shape index (κ2) is 7.59. The highest BCUT2D eigenvalue weighted by Gasteiger charge is 2.30. The number of furan rings is 1. The Morgan fingerprint density at radius 1 is 0.676 bits per heavy atom. The normalized spacial score (nSPS) is 12.0. The Morgan fingerprint density at radius 2 is 1.32 bits per heavy atom. The van der Waals surface area contributed by atoms with E-state index in [1.807, 2.05) is 66.7 Å². The number of hydrogen-bond donors (Lipinski definition) is 0. The zero-order valence-corrected chi connectivity index (χ0v) is 17.5. The summed E-state index contributed by atoms with van der Waals surface area (Å²) in [6.45, 7) is 0. The lowest BCUT2D eigenvalue weighted by molar-refractivity contribution is -0.137. The summed E-state index contributed by atoms with van der Waals surface area (Å²) in [4.78, 5) is 0. The highest BCUT2D eigenvalue weighted by molar-refractivity contribution is 6.05. The summed E-state index contributed by atoms with van der Waals surface area (Å²) in [5.41, 5.74) is 0.539. The summed E-state index contributed by atoms with van der Waals surface area (Å²) in [5, 5.41) is 13.0. The van der Waals surface area contributed by atoms with E-state index in [0.29, 0.717) is 16.8 Å². The van der Waals surface area contributed by atoms with Gasteiger partial charge in [0.1, 0.15) is 17.0 Å². The molecular formula is C27H15F3N2O2. The quantitative estimate of drug-likeness (QED) is 0.253. The molecule has 0 amide bonds. The first kappa shape index (κ1) is 20.2. The minimum absolute atomic E-state index is 0.195. The van der Waals surface area contributed by atoms with Gasteiger partial charge in [0.05, 0.1) is 5.56 Å². The van der Waals surface area contributed by atoms with E-state index in [-0.39, 0.29) is 11.6 Å². The van der Waals surface area contributed by atoms with E-state index in [1.165, 1.54) is 12.1 Å². The number of halogens is 3. The van der Waals surface area contributed by atoms with Gasteiger partial charge in [-0.15, -0.1) is 10.2 Å². The number of rotatable bonds is 3. The van der Waals surface area contributed by atoms with Crippen molar-refractivity contribution in [3.63, 3.8) is 0 Å². The highest BCUT2D eigenvalue weighted by atomic mass is 19.4. The maximum Gasteiger partial charge on any atom is 0.416 e. The van der Waals surface area contributed by atoms with Crippen LogP contribution in [0.25, 0.3) is 44.0 Å². The fraction of sp³-hybridized carbons (Fsp3) is 0.0370. The zero-order valence-electron chi connectivity index (χ0n) is 17.5. The zero-order chi connectivity index (χ0) is 23.3. The van der Waals surface area contributed by atoms with E-state index >= 15 is 0 Å². The Balaban J connectivity index is 1.51. The fourth-order valence-electron chi connectivity index (χ4n) is 4.00. The van der Waals surface area contributed by atoms with Crippen LogP contribution in [0.15, 0.2) is 95.4 Å². The van der Waals surface area contributed by atoms with Crippen LogP contribution in [0, 0.1) is 0 Å². The van der Waals surface area contributed by atoms with Crippen molar-refractivity contribution >= 4 is 32.5 Å². The molecule has 0 spiro atoms. The topological polar surface area (TPSA) is 48.2 Å². The molecule has 7 heteroatoms. The molecule has 6 aromatic rings. The van der Waals surface area contributed by atoms with Crippen molar-refractivity contribution in [3.05, 3.63) is 96.6 Å². The van der Waals surface area contributed by atoms with Gasteiger partial charge in [-0.2, -0.15) is 13.2 Å². The largest absolute Gasteiger partial charge is 0.454 e. The number of fused-ring (bicyclic) bond motifs is 3. The Hall–Kier alpha value is -4.39. The van der Waals surface area contributed by atoms with E-state index < -0.39 is 11.7 Å². The van der Waals surface area contributed by atoms with Gasteiger partial charge in [-0.3, -0.25) is 0 Å². The molecule has 2 heterocycles. The Kier molecular flexibility index (Phi) is 4.52. The molecule has 0 fully saturated rings. The number of hydrogen-bond acceptors (Lipinski definition) is 4. The van der Waals surface area contributed by atoms with Crippen molar-refractivity contribution in [2.45, 2.75) is 6.18 Å². The van der Waals surface area contributed by atoms with Gasteiger partial charge in [0.15, 0.2) is 5.76 Å². The van der Waals surface area contributed by atoms with E-state index in [0.717, 1.165) is 39.3 Å². The molecule has 0 saturated carbocycles. The first-order chi connectivity index (χ1) is 16.5. The van der Waals surface area contributed by atoms with E-state index in [9.17, 15) is 13.2 Å². The minimum Gasteiger partial charge on any atom is -0.454 e. The molecule has 2 aromatic heterocycles. The summed E-state index contributed by atoms with van der Waals surface area (Å²) in [6, 6.07) is 25.8. The highest BCUT2D eigenvalue weighted by Crippen LogP contribution is 2.38.